The van der Waals surface area contributed by atoms with Gasteiger partial charge in [-0.25, -0.2) is 4.39 Å². The van der Waals surface area contributed by atoms with Crippen molar-refractivity contribution in [3.05, 3.63) is 71.7 Å². The van der Waals surface area contributed by atoms with E-state index in [-0.39, 0.29) is 11.9 Å². The largest absolute Gasteiger partial charge is 0.464 e. The Bertz CT molecular complexity index is 702. The Morgan fingerprint density at radius 1 is 1.10 bits per heavy atom. The molecule has 0 saturated heterocycles. The van der Waals surface area contributed by atoms with Crippen molar-refractivity contribution in [2.24, 2.45) is 0 Å². The van der Waals surface area contributed by atoms with E-state index in [1.807, 2.05) is 37.4 Å². The molecule has 0 bridgehead atoms. The van der Waals surface area contributed by atoms with E-state index in [1.165, 1.54) is 12.1 Å². The fourth-order valence-corrected chi connectivity index (χ4v) is 2.49. The average Bonchev–Trinajstić information content (AvgIpc) is 2.91. The number of benzene rings is 2. The van der Waals surface area contributed by atoms with Crippen LogP contribution in [0.2, 0.25) is 0 Å². The SMILES string of the molecule is CNC(Cc1ccc(F)cc1)c1coc2ccccc12. The van der Waals surface area contributed by atoms with Gasteiger partial charge < -0.3 is 9.73 Å². The van der Waals surface area contributed by atoms with Crippen molar-refractivity contribution in [1.29, 1.82) is 0 Å². The molecule has 0 aliphatic carbocycles. The van der Waals surface area contributed by atoms with Crippen LogP contribution in [-0.2, 0) is 6.42 Å². The summed E-state index contributed by atoms with van der Waals surface area (Å²) in [6.07, 6.45) is 2.59. The lowest BCUT2D eigenvalue weighted by Gasteiger charge is -2.15. The zero-order chi connectivity index (χ0) is 13.9. The lowest BCUT2D eigenvalue weighted by molar-refractivity contribution is 0.562. The summed E-state index contributed by atoms with van der Waals surface area (Å²) in [6.45, 7) is 0. The molecule has 3 heteroatoms. The highest BCUT2D eigenvalue weighted by molar-refractivity contribution is 5.81. The number of fused-ring (bicyclic) bond motifs is 1. The van der Waals surface area contributed by atoms with Crippen molar-refractivity contribution in [3.8, 4) is 0 Å². The quantitative estimate of drug-likeness (QED) is 0.772. The summed E-state index contributed by atoms with van der Waals surface area (Å²) < 4.78 is 18.5. The van der Waals surface area contributed by atoms with Crippen LogP contribution in [0.1, 0.15) is 17.2 Å². The van der Waals surface area contributed by atoms with Gasteiger partial charge in [0.2, 0.25) is 0 Å². The first-order chi connectivity index (χ1) is 9.78. The van der Waals surface area contributed by atoms with Crippen LogP contribution in [0.4, 0.5) is 4.39 Å². The summed E-state index contributed by atoms with van der Waals surface area (Å²) in [6, 6.07) is 14.8. The Balaban J connectivity index is 1.91. The van der Waals surface area contributed by atoms with Crippen LogP contribution in [0.25, 0.3) is 11.0 Å². The third kappa shape index (κ3) is 2.45. The highest BCUT2D eigenvalue weighted by Gasteiger charge is 2.15. The van der Waals surface area contributed by atoms with E-state index in [0.717, 1.165) is 28.5 Å². The van der Waals surface area contributed by atoms with Crippen molar-refractivity contribution in [3.63, 3.8) is 0 Å². The van der Waals surface area contributed by atoms with E-state index in [9.17, 15) is 4.39 Å². The molecule has 2 nitrogen and oxygen atoms in total. The van der Waals surface area contributed by atoms with E-state index in [0.29, 0.717) is 0 Å². The highest BCUT2D eigenvalue weighted by atomic mass is 19.1. The van der Waals surface area contributed by atoms with Gasteiger partial charge in [-0.1, -0.05) is 30.3 Å². The number of rotatable bonds is 4. The van der Waals surface area contributed by atoms with Gasteiger partial charge in [-0.05, 0) is 37.2 Å². The van der Waals surface area contributed by atoms with E-state index < -0.39 is 0 Å². The Labute approximate surface area is 117 Å². The summed E-state index contributed by atoms with van der Waals surface area (Å²) in [5.74, 6) is -0.205. The van der Waals surface area contributed by atoms with Gasteiger partial charge >= 0.3 is 0 Å². The molecule has 1 aromatic heterocycles. The van der Waals surface area contributed by atoms with E-state index >= 15 is 0 Å². The van der Waals surface area contributed by atoms with Crippen molar-refractivity contribution < 1.29 is 8.81 Å². The number of hydrogen-bond acceptors (Lipinski definition) is 2. The van der Waals surface area contributed by atoms with Crippen molar-refractivity contribution in [2.45, 2.75) is 12.5 Å². The first-order valence-corrected chi connectivity index (χ1v) is 6.66. The molecule has 0 radical (unpaired) electrons. The lowest BCUT2D eigenvalue weighted by atomic mass is 9.98. The molecule has 1 atom stereocenters. The smallest absolute Gasteiger partial charge is 0.134 e. The van der Waals surface area contributed by atoms with Crippen LogP contribution in [0.5, 0.6) is 0 Å². The lowest BCUT2D eigenvalue weighted by Crippen LogP contribution is -2.18. The zero-order valence-electron chi connectivity index (χ0n) is 11.3. The second kappa shape index (κ2) is 5.47. The second-order valence-electron chi connectivity index (χ2n) is 4.86. The first-order valence-electron chi connectivity index (χ1n) is 6.66. The summed E-state index contributed by atoms with van der Waals surface area (Å²) >= 11 is 0. The van der Waals surface area contributed by atoms with Gasteiger partial charge in [0.1, 0.15) is 11.4 Å². The Morgan fingerprint density at radius 3 is 2.60 bits per heavy atom. The van der Waals surface area contributed by atoms with E-state index in [2.05, 4.69) is 11.4 Å². The van der Waals surface area contributed by atoms with E-state index in [1.54, 1.807) is 6.26 Å². The number of hydrogen-bond donors (Lipinski definition) is 1. The number of likely N-dealkylation sites (N-methyl/N-ethyl adjacent to an activating group) is 1. The molecule has 102 valence electrons. The van der Waals surface area contributed by atoms with Crippen molar-refractivity contribution in [2.75, 3.05) is 7.05 Å². The Morgan fingerprint density at radius 2 is 1.85 bits per heavy atom. The molecule has 0 saturated carbocycles. The first kappa shape index (κ1) is 12.9. The predicted molar refractivity (Wildman–Crippen MR) is 78.1 cm³/mol. The molecule has 3 aromatic rings. The molecule has 1 N–H and O–H groups in total. The van der Waals surface area contributed by atoms with Gasteiger partial charge in [-0.15, -0.1) is 0 Å². The third-order valence-electron chi connectivity index (χ3n) is 3.59. The molecule has 0 aliphatic heterocycles. The minimum Gasteiger partial charge on any atom is -0.464 e. The highest BCUT2D eigenvalue weighted by Crippen LogP contribution is 2.28. The minimum absolute atomic E-state index is 0.143. The molecule has 3 rings (SSSR count). The molecule has 0 fully saturated rings. The number of halogens is 1. The Hall–Kier alpha value is -2.13. The molecular formula is C17H16FNO. The molecular weight excluding hydrogens is 253 g/mol. The number of furan rings is 1. The summed E-state index contributed by atoms with van der Waals surface area (Å²) in [7, 11) is 1.93. The van der Waals surface area contributed by atoms with Gasteiger partial charge in [0, 0.05) is 17.0 Å². The monoisotopic (exact) mass is 269 g/mol. The number of para-hydroxylation sites is 1. The molecule has 0 spiro atoms. The predicted octanol–water partition coefficient (Wildman–Crippen LogP) is 4.08. The summed E-state index contributed by atoms with van der Waals surface area (Å²) in [5, 5.41) is 4.43. The van der Waals surface area contributed by atoms with Crippen LogP contribution >= 0.6 is 0 Å². The van der Waals surface area contributed by atoms with Gasteiger partial charge in [-0.2, -0.15) is 0 Å². The molecule has 2 aromatic carbocycles. The maximum Gasteiger partial charge on any atom is 0.134 e. The summed E-state index contributed by atoms with van der Waals surface area (Å²) in [5.41, 5.74) is 3.12. The van der Waals surface area contributed by atoms with Crippen molar-refractivity contribution >= 4 is 11.0 Å². The molecule has 20 heavy (non-hydrogen) atoms. The topological polar surface area (TPSA) is 25.2 Å². The van der Waals surface area contributed by atoms with Crippen LogP contribution in [-0.4, -0.2) is 7.05 Å². The van der Waals surface area contributed by atoms with Crippen molar-refractivity contribution in [1.82, 2.24) is 5.32 Å². The van der Waals surface area contributed by atoms with Crippen LogP contribution < -0.4 is 5.32 Å². The van der Waals surface area contributed by atoms with Gasteiger partial charge in [0.25, 0.3) is 0 Å². The minimum atomic E-state index is -0.205. The molecule has 1 unspecified atom stereocenters. The van der Waals surface area contributed by atoms with E-state index in [4.69, 9.17) is 4.42 Å². The second-order valence-corrected chi connectivity index (χ2v) is 4.86. The van der Waals surface area contributed by atoms with Gasteiger partial charge in [0.15, 0.2) is 0 Å². The van der Waals surface area contributed by atoms with Crippen LogP contribution in [0, 0.1) is 5.82 Å². The fourth-order valence-electron chi connectivity index (χ4n) is 2.49. The Kier molecular flexibility index (Phi) is 3.52. The van der Waals surface area contributed by atoms with Crippen LogP contribution in [0.3, 0.4) is 0 Å². The standard InChI is InChI=1S/C17H16FNO/c1-19-16(10-12-6-8-13(18)9-7-12)15-11-20-17-5-3-2-4-14(15)17/h2-9,11,16,19H,10H2,1H3. The fraction of sp³-hybridized carbons (Fsp3) is 0.176. The molecule has 0 aliphatic rings. The average molecular weight is 269 g/mol. The maximum absolute atomic E-state index is 13.0. The van der Waals surface area contributed by atoms with Crippen LogP contribution in [0.15, 0.2) is 59.2 Å². The summed E-state index contributed by atoms with van der Waals surface area (Å²) in [4.78, 5) is 0. The number of nitrogens with one attached hydrogen (secondary N) is 1. The zero-order valence-corrected chi connectivity index (χ0v) is 11.3. The van der Waals surface area contributed by atoms with Gasteiger partial charge in [-0.3, -0.25) is 0 Å². The van der Waals surface area contributed by atoms with Gasteiger partial charge in [0.05, 0.1) is 6.26 Å². The third-order valence-corrected chi connectivity index (χ3v) is 3.59. The maximum atomic E-state index is 13.0. The molecule has 1 heterocycles. The normalized spacial score (nSPS) is 12.7. The molecule has 0 amide bonds.